The first-order chi connectivity index (χ1) is 13.0. The molecule has 1 aromatic rings. The van der Waals surface area contributed by atoms with Gasteiger partial charge in [-0.05, 0) is 32.9 Å². The van der Waals surface area contributed by atoms with Crippen LogP contribution in [0.1, 0.15) is 19.4 Å². The third-order valence-electron chi connectivity index (χ3n) is 5.71. The van der Waals surface area contributed by atoms with Crippen LogP contribution in [0.25, 0.3) is 0 Å². The van der Waals surface area contributed by atoms with Crippen LogP contribution in [0.2, 0.25) is 0 Å². The molecule has 2 aliphatic rings. The molecule has 2 saturated heterocycles. The minimum Gasteiger partial charge on any atom is -0.379 e. The average Bonchev–Trinajstić information content (AvgIpc) is 2.97. The highest BCUT2D eigenvalue weighted by Crippen LogP contribution is 2.27. The van der Waals surface area contributed by atoms with E-state index in [1.807, 2.05) is 6.92 Å². The summed E-state index contributed by atoms with van der Waals surface area (Å²) in [6.07, 6.45) is 0. The van der Waals surface area contributed by atoms with E-state index in [0.29, 0.717) is 19.8 Å². The van der Waals surface area contributed by atoms with E-state index in [1.54, 1.807) is 24.3 Å². The van der Waals surface area contributed by atoms with Crippen molar-refractivity contribution < 1.29 is 21.6 Å². The summed E-state index contributed by atoms with van der Waals surface area (Å²) in [4.78, 5) is 2.47. The summed E-state index contributed by atoms with van der Waals surface area (Å²) in [5.41, 5.74) is 0.730. The molecule has 0 radical (unpaired) electrons. The molecule has 9 heteroatoms. The van der Waals surface area contributed by atoms with Gasteiger partial charge in [-0.2, -0.15) is 0 Å². The molecule has 2 aliphatic heterocycles. The molecule has 0 unspecified atom stereocenters. The maximum Gasteiger partial charge on any atom is 0.183 e. The molecule has 1 aromatic carbocycles. The summed E-state index contributed by atoms with van der Waals surface area (Å²) in [6, 6.07) is 5.98. The second kappa shape index (κ2) is 8.02. The van der Waals surface area contributed by atoms with Crippen molar-refractivity contribution in [2.75, 3.05) is 44.4 Å². The van der Waals surface area contributed by atoms with E-state index >= 15 is 0 Å². The lowest BCUT2D eigenvalue weighted by Gasteiger charge is -2.41. The Kier molecular flexibility index (Phi) is 6.22. The largest absolute Gasteiger partial charge is 0.379 e. The van der Waals surface area contributed by atoms with Gasteiger partial charge in [0.2, 0.25) is 0 Å². The van der Waals surface area contributed by atoms with Gasteiger partial charge in [0, 0.05) is 31.2 Å². The smallest absolute Gasteiger partial charge is 0.183 e. The first-order valence-corrected chi connectivity index (χ1v) is 13.0. The van der Waals surface area contributed by atoms with Gasteiger partial charge >= 0.3 is 0 Å². The number of aryl methyl sites for hydroxylation is 1. The van der Waals surface area contributed by atoms with Gasteiger partial charge in [0.25, 0.3) is 0 Å². The molecule has 0 spiro atoms. The topological polar surface area (TPSA) is 92.8 Å². The van der Waals surface area contributed by atoms with Crippen LogP contribution in [0.4, 0.5) is 0 Å². The van der Waals surface area contributed by atoms with Crippen LogP contribution in [0.15, 0.2) is 29.2 Å². The highest BCUT2D eigenvalue weighted by atomic mass is 32.2. The minimum atomic E-state index is -3.74. The van der Waals surface area contributed by atoms with Crippen molar-refractivity contribution in [1.82, 2.24) is 10.2 Å². The molecule has 28 heavy (non-hydrogen) atoms. The van der Waals surface area contributed by atoms with Crippen molar-refractivity contribution in [3.8, 4) is 0 Å². The first-order valence-electron chi connectivity index (χ1n) is 9.58. The molecular formula is C19H30N2O5S2. The van der Waals surface area contributed by atoms with E-state index < -0.39 is 31.0 Å². The third-order valence-corrected chi connectivity index (χ3v) is 9.88. The van der Waals surface area contributed by atoms with E-state index in [0.717, 1.165) is 18.7 Å². The number of ether oxygens (including phenoxy) is 1. The molecule has 1 N–H and O–H groups in total. The van der Waals surface area contributed by atoms with Crippen molar-refractivity contribution in [3.05, 3.63) is 29.8 Å². The lowest BCUT2D eigenvalue weighted by atomic mass is 10.0. The Morgan fingerprint density at radius 2 is 1.75 bits per heavy atom. The van der Waals surface area contributed by atoms with Gasteiger partial charge in [-0.25, -0.2) is 16.8 Å². The average molecular weight is 431 g/mol. The van der Waals surface area contributed by atoms with Gasteiger partial charge < -0.3 is 10.1 Å². The van der Waals surface area contributed by atoms with Crippen LogP contribution in [0.5, 0.6) is 0 Å². The molecule has 7 nitrogen and oxygen atoms in total. The number of nitrogens with one attached hydrogen (secondary N) is 1. The van der Waals surface area contributed by atoms with Gasteiger partial charge in [0.1, 0.15) is 0 Å². The molecule has 0 bridgehead atoms. The number of hydrogen-bond acceptors (Lipinski definition) is 7. The van der Waals surface area contributed by atoms with Crippen molar-refractivity contribution in [3.63, 3.8) is 0 Å². The molecule has 0 amide bonds. The Morgan fingerprint density at radius 1 is 1.14 bits per heavy atom. The van der Waals surface area contributed by atoms with Crippen LogP contribution in [0.3, 0.4) is 0 Å². The summed E-state index contributed by atoms with van der Waals surface area (Å²) >= 11 is 0. The second-order valence-corrected chi connectivity index (χ2v) is 12.7. The SMILES string of the molecule is Cc1ccc(S(=O)(=O)[C@H]2CS(=O)(=O)C[C@@H]2NCC(C)(C)N2CCOCC2)cc1. The Hall–Kier alpha value is -1.00. The quantitative estimate of drug-likeness (QED) is 0.708. The predicted octanol–water partition coefficient (Wildman–Crippen LogP) is 0.635. The molecule has 2 heterocycles. The number of hydrogen-bond donors (Lipinski definition) is 1. The summed E-state index contributed by atoms with van der Waals surface area (Å²) < 4.78 is 56.2. The summed E-state index contributed by atoms with van der Waals surface area (Å²) in [5.74, 6) is -0.485. The first kappa shape index (κ1) is 21.7. The maximum absolute atomic E-state index is 13.1. The van der Waals surface area contributed by atoms with Crippen LogP contribution in [-0.2, 0) is 24.4 Å². The van der Waals surface area contributed by atoms with Crippen LogP contribution < -0.4 is 5.32 Å². The fraction of sp³-hybridized carbons (Fsp3) is 0.684. The molecule has 2 fully saturated rings. The fourth-order valence-electron chi connectivity index (χ4n) is 3.88. The standard InChI is InChI=1S/C19H30N2O5S2/c1-15-4-6-16(7-5-15)28(24,25)18-13-27(22,23)12-17(18)20-14-19(2,3)21-8-10-26-11-9-21/h4-7,17-18,20H,8-14H2,1-3H3/t17-,18-/m0/s1. The Labute approximate surface area is 168 Å². The zero-order valence-corrected chi connectivity index (χ0v) is 18.4. The maximum atomic E-state index is 13.1. The fourth-order valence-corrected chi connectivity index (χ4v) is 8.59. The monoisotopic (exact) mass is 430 g/mol. The summed E-state index contributed by atoms with van der Waals surface area (Å²) in [5, 5.41) is 2.30. The molecule has 0 saturated carbocycles. The number of benzene rings is 1. The molecule has 158 valence electrons. The van der Waals surface area contributed by atoms with Gasteiger partial charge in [0.15, 0.2) is 19.7 Å². The van der Waals surface area contributed by atoms with Crippen molar-refractivity contribution >= 4 is 19.7 Å². The molecule has 0 aliphatic carbocycles. The van der Waals surface area contributed by atoms with E-state index in [2.05, 4.69) is 24.1 Å². The van der Waals surface area contributed by atoms with Gasteiger partial charge in [-0.3, -0.25) is 4.90 Å². The van der Waals surface area contributed by atoms with Crippen molar-refractivity contribution in [2.24, 2.45) is 0 Å². The van der Waals surface area contributed by atoms with Crippen molar-refractivity contribution in [2.45, 2.75) is 42.5 Å². The van der Waals surface area contributed by atoms with Crippen LogP contribution in [0, 0.1) is 6.92 Å². The van der Waals surface area contributed by atoms with E-state index in [4.69, 9.17) is 4.74 Å². The number of sulfone groups is 2. The number of nitrogens with zero attached hydrogens (tertiary/aromatic N) is 1. The van der Waals surface area contributed by atoms with Crippen molar-refractivity contribution in [1.29, 1.82) is 0 Å². The molecule has 0 aromatic heterocycles. The Morgan fingerprint density at radius 3 is 2.36 bits per heavy atom. The lowest BCUT2D eigenvalue weighted by molar-refractivity contribution is -0.0101. The highest BCUT2D eigenvalue weighted by molar-refractivity contribution is 7.96. The third kappa shape index (κ3) is 4.76. The van der Waals surface area contributed by atoms with Crippen LogP contribution in [-0.4, -0.2) is 82.9 Å². The minimum absolute atomic E-state index is 0.151. The zero-order chi connectivity index (χ0) is 20.6. The van der Waals surface area contributed by atoms with E-state index in [1.165, 1.54) is 0 Å². The highest BCUT2D eigenvalue weighted by Gasteiger charge is 2.46. The van der Waals surface area contributed by atoms with Gasteiger partial charge in [-0.15, -0.1) is 0 Å². The normalized spacial score (nSPS) is 26.4. The molecule has 2 atom stereocenters. The zero-order valence-electron chi connectivity index (χ0n) is 16.7. The predicted molar refractivity (Wildman–Crippen MR) is 109 cm³/mol. The number of morpholine rings is 1. The number of rotatable bonds is 6. The van der Waals surface area contributed by atoms with E-state index in [9.17, 15) is 16.8 Å². The van der Waals surface area contributed by atoms with Gasteiger partial charge in [-0.1, -0.05) is 17.7 Å². The summed E-state index contributed by atoms with van der Waals surface area (Å²) in [6.45, 7) is 9.51. The molecular weight excluding hydrogens is 400 g/mol. The Balaban J connectivity index is 1.77. The summed E-state index contributed by atoms with van der Waals surface area (Å²) in [7, 11) is -7.16. The second-order valence-electron chi connectivity index (χ2n) is 8.37. The molecule has 3 rings (SSSR count). The van der Waals surface area contributed by atoms with E-state index in [-0.39, 0.29) is 21.9 Å². The van der Waals surface area contributed by atoms with Crippen LogP contribution >= 0.6 is 0 Å². The Bertz CT molecular complexity index is 889. The lowest BCUT2D eigenvalue weighted by Crippen LogP contribution is -2.57. The van der Waals surface area contributed by atoms with Gasteiger partial charge in [0.05, 0.1) is 34.9 Å².